The van der Waals surface area contributed by atoms with Gasteiger partial charge in [0.05, 0.1) is 26.1 Å². The van der Waals surface area contributed by atoms with Crippen LogP contribution in [0.2, 0.25) is 0 Å². The highest BCUT2D eigenvalue weighted by molar-refractivity contribution is 5.88. The third-order valence-electron chi connectivity index (χ3n) is 7.45. The Morgan fingerprint density at radius 1 is 1.23 bits per heavy atom. The summed E-state index contributed by atoms with van der Waals surface area (Å²) in [5, 5.41) is 16.8. The molecule has 216 valence electrons. The van der Waals surface area contributed by atoms with Gasteiger partial charge in [0.25, 0.3) is 0 Å². The third kappa shape index (κ3) is 6.21. The summed E-state index contributed by atoms with van der Waals surface area (Å²) in [6.07, 6.45) is 5.71. The molecule has 0 radical (unpaired) electrons. The van der Waals surface area contributed by atoms with Gasteiger partial charge in [-0.1, -0.05) is 0 Å². The van der Waals surface area contributed by atoms with Crippen LogP contribution in [0.5, 0.6) is 5.75 Å². The lowest BCUT2D eigenvalue weighted by atomic mass is 9.89. The monoisotopic (exact) mass is 552 g/mol. The van der Waals surface area contributed by atoms with Crippen LogP contribution in [-0.4, -0.2) is 63.1 Å². The van der Waals surface area contributed by atoms with Crippen LogP contribution in [0, 0.1) is 5.92 Å². The van der Waals surface area contributed by atoms with E-state index in [1.165, 1.54) is 0 Å². The maximum atomic E-state index is 13.0. The van der Waals surface area contributed by atoms with Gasteiger partial charge in [-0.3, -0.25) is 4.57 Å². The quantitative estimate of drug-likeness (QED) is 0.393. The van der Waals surface area contributed by atoms with Gasteiger partial charge in [0.2, 0.25) is 0 Å². The predicted molar refractivity (Wildman–Crippen MR) is 150 cm³/mol. The van der Waals surface area contributed by atoms with Crippen LogP contribution in [0.4, 0.5) is 4.79 Å². The first-order chi connectivity index (χ1) is 19.3. The molecule has 2 atom stereocenters. The van der Waals surface area contributed by atoms with Gasteiger partial charge in [-0.15, -0.1) is 0 Å². The summed E-state index contributed by atoms with van der Waals surface area (Å²) in [5.41, 5.74) is 2.58. The van der Waals surface area contributed by atoms with Gasteiger partial charge in [0.15, 0.2) is 11.5 Å². The molecule has 11 nitrogen and oxygen atoms in total. The van der Waals surface area contributed by atoms with E-state index in [2.05, 4.69) is 10.6 Å². The molecular formula is C29H40N6O5. The molecule has 2 saturated heterocycles. The van der Waals surface area contributed by atoms with E-state index in [-0.39, 0.29) is 18.8 Å². The van der Waals surface area contributed by atoms with E-state index >= 15 is 0 Å². The summed E-state index contributed by atoms with van der Waals surface area (Å²) in [5.74, 6) is 1.23. The Kier molecular flexibility index (Phi) is 8.53. The fourth-order valence-electron chi connectivity index (χ4n) is 5.48. The molecule has 3 N–H and O–H groups in total. The molecular weight excluding hydrogens is 512 g/mol. The Hall–Kier alpha value is -3.28. The van der Waals surface area contributed by atoms with E-state index in [0.29, 0.717) is 40.6 Å². The molecule has 0 spiro atoms. The Morgan fingerprint density at radius 3 is 2.70 bits per heavy atom. The lowest BCUT2D eigenvalue weighted by Gasteiger charge is -2.31. The summed E-state index contributed by atoms with van der Waals surface area (Å²) in [7, 11) is 1.59. The minimum atomic E-state index is -0.644. The Labute approximate surface area is 234 Å². The molecule has 0 bridgehead atoms. The second-order valence-electron chi connectivity index (χ2n) is 11.5. The van der Waals surface area contributed by atoms with Crippen LogP contribution in [-0.2, 0) is 16.1 Å². The van der Waals surface area contributed by atoms with Crippen molar-refractivity contribution in [3.8, 4) is 17.0 Å². The van der Waals surface area contributed by atoms with E-state index in [9.17, 15) is 9.90 Å². The number of nitrogens with zero attached hydrogens (tertiary/aromatic N) is 4. The average molecular weight is 553 g/mol. The number of alkyl carbamates (subject to hydrolysis) is 1. The van der Waals surface area contributed by atoms with Crippen molar-refractivity contribution in [2.75, 3.05) is 26.8 Å². The number of carbonyl (C=O) groups excluding carboxylic acids is 1. The highest BCUT2D eigenvalue weighted by Crippen LogP contribution is 2.36. The topological polar surface area (TPSA) is 133 Å². The second-order valence-corrected chi connectivity index (χ2v) is 11.5. The van der Waals surface area contributed by atoms with Gasteiger partial charge < -0.3 is 30.0 Å². The summed E-state index contributed by atoms with van der Waals surface area (Å²) >= 11 is 0. The number of ether oxygens (including phenoxy) is 3. The molecule has 0 saturated carbocycles. The molecule has 2 fully saturated rings. The second kappa shape index (κ2) is 12.1. The molecule has 2 aliphatic rings. The highest BCUT2D eigenvalue weighted by Gasteiger charge is 2.33. The number of amides is 1. The Morgan fingerprint density at radius 2 is 2.02 bits per heavy atom. The van der Waals surface area contributed by atoms with Crippen LogP contribution in [0.1, 0.15) is 76.5 Å². The highest BCUT2D eigenvalue weighted by atomic mass is 16.6. The largest absolute Gasteiger partial charge is 0.497 e. The van der Waals surface area contributed by atoms with Crippen molar-refractivity contribution in [2.45, 2.75) is 77.4 Å². The molecule has 2 aromatic heterocycles. The lowest BCUT2D eigenvalue weighted by molar-refractivity contribution is -0.0298. The number of piperidine rings is 1. The fourth-order valence-corrected chi connectivity index (χ4v) is 5.48. The van der Waals surface area contributed by atoms with E-state index in [1.54, 1.807) is 19.5 Å². The number of aliphatic hydroxyl groups excluding tert-OH is 1. The van der Waals surface area contributed by atoms with E-state index in [4.69, 9.17) is 29.2 Å². The molecule has 40 heavy (non-hydrogen) atoms. The van der Waals surface area contributed by atoms with Crippen LogP contribution < -0.4 is 15.4 Å². The molecule has 2 unspecified atom stereocenters. The van der Waals surface area contributed by atoms with Crippen LogP contribution in [0.25, 0.3) is 22.4 Å². The molecule has 4 heterocycles. The third-order valence-corrected chi connectivity index (χ3v) is 7.45. The van der Waals surface area contributed by atoms with Crippen molar-refractivity contribution in [2.24, 2.45) is 5.92 Å². The summed E-state index contributed by atoms with van der Waals surface area (Å²) < 4.78 is 19.1. The number of imidazole rings is 1. The van der Waals surface area contributed by atoms with Crippen molar-refractivity contribution >= 4 is 17.3 Å². The zero-order valence-corrected chi connectivity index (χ0v) is 23.8. The minimum absolute atomic E-state index is 0.106. The zero-order valence-electron chi connectivity index (χ0n) is 23.8. The summed E-state index contributed by atoms with van der Waals surface area (Å²) in [4.78, 5) is 27.9. The number of aromatic nitrogens is 4. The normalized spacial score (nSPS) is 19.4. The van der Waals surface area contributed by atoms with E-state index < -0.39 is 17.7 Å². The average Bonchev–Trinajstić information content (AvgIpc) is 3.39. The van der Waals surface area contributed by atoms with Crippen molar-refractivity contribution in [1.82, 2.24) is 30.2 Å². The molecule has 2 aliphatic heterocycles. The smallest absolute Gasteiger partial charge is 0.408 e. The number of fused-ring (bicyclic) bond motifs is 1. The van der Waals surface area contributed by atoms with Crippen LogP contribution in [0.3, 0.4) is 0 Å². The van der Waals surface area contributed by atoms with Gasteiger partial charge in [-0.2, -0.15) is 0 Å². The summed E-state index contributed by atoms with van der Waals surface area (Å²) in [6, 6.07) is 5.04. The minimum Gasteiger partial charge on any atom is -0.497 e. The van der Waals surface area contributed by atoms with Crippen LogP contribution >= 0.6 is 0 Å². The Bertz CT molecular complexity index is 1320. The number of hydrogen-bond acceptors (Lipinski definition) is 9. The van der Waals surface area contributed by atoms with Gasteiger partial charge in [0, 0.05) is 12.2 Å². The fraction of sp³-hybridized carbons (Fsp3) is 0.586. The molecule has 1 amide bonds. The van der Waals surface area contributed by atoms with Gasteiger partial charge in [-0.05, 0) is 95.6 Å². The molecule has 11 heteroatoms. The van der Waals surface area contributed by atoms with Gasteiger partial charge in [0.1, 0.15) is 28.8 Å². The van der Waals surface area contributed by atoms with E-state index in [1.807, 2.05) is 37.5 Å². The van der Waals surface area contributed by atoms with E-state index in [0.717, 1.165) is 50.8 Å². The molecule has 0 aliphatic carbocycles. The number of methoxy groups -OCH3 is 1. The number of rotatable bonds is 7. The maximum absolute atomic E-state index is 13.0. The SMILES string of the molecule is COc1ccc(-c2nc(C(NC(=O)OC(C)(C)C)C3CCNCC3)nc3c2ncn3C2CCCCO2)c(CO)c1. The standard InChI is InChI=1S/C29H40N6O5/c1-29(2,3)40-28(37)33-23(18-10-12-30-13-11-18)26-32-24(21-9-8-20(38-4)15-19(21)16-36)25-27(34-26)35(17-31-25)22-7-5-6-14-39-22/h8-9,15,17-18,22-23,30,36H,5-7,10-14,16H2,1-4H3,(H,33,37). The number of benzene rings is 1. The first-order valence-corrected chi connectivity index (χ1v) is 14.1. The van der Waals surface area contributed by atoms with Crippen molar-refractivity contribution in [1.29, 1.82) is 0 Å². The number of nitrogens with one attached hydrogen (secondary N) is 2. The van der Waals surface area contributed by atoms with Gasteiger partial charge in [-0.25, -0.2) is 19.7 Å². The predicted octanol–water partition coefficient (Wildman–Crippen LogP) is 4.26. The molecule has 3 aromatic rings. The van der Waals surface area contributed by atoms with Crippen LogP contribution in [0.15, 0.2) is 24.5 Å². The summed E-state index contributed by atoms with van der Waals surface area (Å²) in [6.45, 7) is 7.69. The first-order valence-electron chi connectivity index (χ1n) is 14.1. The van der Waals surface area contributed by atoms with Crippen molar-refractivity contribution in [3.63, 3.8) is 0 Å². The maximum Gasteiger partial charge on any atom is 0.408 e. The zero-order chi connectivity index (χ0) is 28.3. The Balaban J connectivity index is 1.67. The number of hydrogen-bond donors (Lipinski definition) is 3. The van der Waals surface area contributed by atoms with Gasteiger partial charge >= 0.3 is 6.09 Å². The van der Waals surface area contributed by atoms with Crippen molar-refractivity contribution < 1.29 is 24.1 Å². The van der Waals surface area contributed by atoms with Crippen molar-refractivity contribution in [3.05, 3.63) is 35.9 Å². The number of carbonyl (C=O) groups is 1. The lowest BCUT2D eigenvalue weighted by Crippen LogP contribution is -2.41. The first kappa shape index (κ1) is 28.3. The molecule has 5 rings (SSSR count). The number of aliphatic hydroxyl groups is 1. The molecule has 1 aromatic carbocycles.